The number of rotatable bonds is 7. The Morgan fingerprint density at radius 1 is 1.28 bits per heavy atom. The van der Waals surface area contributed by atoms with E-state index < -0.39 is 11.9 Å². The average molecular weight is 399 g/mol. The lowest BCUT2D eigenvalue weighted by Crippen LogP contribution is -2.45. The van der Waals surface area contributed by atoms with Crippen molar-refractivity contribution in [2.45, 2.75) is 45.1 Å². The van der Waals surface area contributed by atoms with Gasteiger partial charge in [0.05, 0.1) is 11.1 Å². The number of hydrogen-bond acceptors (Lipinski definition) is 6. The van der Waals surface area contributed by atoms with Crippen LogP contribution in [0.4, 0.5) is 5.69 Å². The molecule has 3 rings (SSSR count). The number of aryl methyl sites for hydroxylation is 1. The topological polar surface area (TPSA) is 122 Å². The van der Waals surface area contributed by atoms with Gasteiger partial charge >= 0.3 is 0 Å². The van der Waals surface area contributed by atoms with E-state index >= 15 is 0 Å². The summed E-state index contributed by atoms with van der Waals surface area (Å²) >= 11 is 0. The lowest BCUT2D eigenvalue weighted by molar-refractivity contribution is -0.135. The Hall–Kier alpha value is -3.07. The lowest BCUT2D eigenvalue weighted by Gasteiger charge is -2.24. The molecule has 1 fully saturated rings. The highest BCUT2D eigenvalue weighted by molar-refractivity contribution is 6.01. The second-order valence-electron chi connectivity index (χ2n) is 7.11. The van der Waals surface area contributed by atoms with Crippen LogP contribution in [0.15, 0.2) is 23.0 Å². The van der Waals surface area contributed by atoms with Crippen LogP contribution in [0.25, 0.3) is 10.9 Å². The number of carbonyl (C=O) groups is 3. The average Bonchev–Trinajstić information content (AvgIpc) is 2.67. The molecule has 1 aliphatic heterocycles. The van der Waals surface area contributed by atoms with Gasteiger partial charge < -0.3 is 10.6 Å². The molecule has 1 aromatic heterocycles. The maximum atomic E-state index is 13.1. The zero-order valence-corrected chi connectivity index (χ0v) is 16.6. The standard InChI is InChI=1S/C20H25N5O4/c1-12-22-18-13(20(29)25(12)15-9-10-17(27)24-19(15)28)6-5-7-14(18)23-16(26)8-3-4-11-21-2/h5-7,15,21H,3-4,8-11H2,1-2H3,(H,23,26)(H,24,27,28). The van der Waals surface area contributed by atoms with Crippen molar-refractivity contribution in [3.05, 3.63) is 34.4 Å². The first-order valence-corrected chi connectivity index (χ1v) is 9.72. The van der Waals surface area contributed by atoms with Crippen LogP contribution in [-0.2, 0) is 14.4 Å². The Morgan fingerprint density at radius 2 is 2.07 bits per heavy atom. The van der Waals surface area contributed by atoms with E-state index in [4.69, 9.17) is 0 Å². The number of benzene rings is 1. The molecule has 3 amide bonds. The monoisotopic (exact) mass is 399 g/mol. The highest BCUT2D eigenvalue weighted by Gasteiger charge is 2.30. The van der Waals surface area contributed by atoms with Gasteiger partial charge in [-0.15, -0.1) is 0 Å². The zero-order valence-electron chi connectivity index (χ0n) is 16.6. The number of nitrogens with one attached hydrogen (secondary N) is 3. The molecule has 0 radical (unpaired) electrons. The van der Waals surface area contributed by atoms with Gasteiger partial charge in [-0.3, -0.25) is 29.1 Å². The van der Waals surface area contributed by atoms with Crippen LogP contribution in [0.1, 0.15) is 44.0 Å². The Morgan fingerprint density at radius 3 is 2.79 bits per heavy atom. The summed E-state index contributed by atoms with van der Waals surface area (Å²) in [5.41, 5.74) is 0.492. The van der Waals surface area contributed by atoms with Crippen LogP contribution in [0, 0.1) is 6.92 Å². The summed E-state index contributed by atoms with van der Waals surface area (Å²) in [5, 5.41) is 8.46. The van der Waals surface area contributed by atoms with Crippen molar-refractivity contribution in [2.75, 3.05) is 18.9 Å². The summed E-state index contributed by atoms with van der Waals surface area (Å²) in [6.45, 7) is 2.49. The maximum Gasteiger partial charge on any atom is 0.262 e. The molecule has 1 unspecified atom stereocenters. The summed E-state index contributed by atoms with van der Waals surface area (Å²) in [7, 11) is 1.87. The van der Waals surface area contributed by atoms with E-state index in [2.05, 4.69) is 20.9 Å². The summed E-state index contributed by atoms with van der Waals surface area (Å²) in [4.78, 5) is 53.5. The van der Waals surface area contributed by atoms with E-state index in [1.165, 1.54) is 4.57 Å². The molecule has 29 heavy (non-hydrogen) atoms. The molecule has 154 valence electrons. The van der Waals surface area contributed by atoms with E-state index in [1.807, 2.05) is 7.05 Å². The third-order valence-corrected chi connectivity index (χ3v) is 4.98. The third kappa shape index (κ3) is 4.51. The molecule has 3 N–H and O–H groups in total. The second-order valence-corrected chi connectivity index (χ2v) is 7.11. The molecule has 9 nitrogen and oxygen atoms in total. The van der Waals surface area contributed by atoms with Gasteiger partial charge in [0.25, 0.3) is 5.56 Å². The van der Waals surface area contributed by atoms with Gasteiger partial charge in [-0.05, 0) is 51.9 Å². The fraction of sp³-hybridized carbons (Fsp3) is 0.450. The predicted octanol–water partition coefficient (Wildman–Crippen LogP) is 1.01. The largest absolute Gasteiger partial charge is 0.324 e. The molecule has 9 heteroatoms. The van der Waals surface area contributed by atoms with E-state index in [0.717, 1.165) is 19.4 Å². The molecular weight excluding hydrogens is 374 g/mol. The number of carbonyl (C=O) groups excluding carboxylic acids is 3. The Labute approximate surface area is 167 Å². The highest BCUT2D eigenvalue weighted by Crippen LogP contribution is 2.23. The van der Waals surface area contributed by atoms with E-state index in [0.29, 0.717) is 28.8 Å². The van der Waals surface area contributed by atoms with Crippen LogP contribution >= 0.6 is 0 Å². The van der Waals surface area contributed by atoms with Crippen molar-refractivity contribution >= 4 is 34.3 Å². The predicted molar refractivity (Wildman–Crippen MR) is 109 cm³/mol. The van der Waals surface area contributed by atoms with Gasteiger partial charge in [0.15, 0.2) is 0 Å². The SMILES string of the molecule is CNCCCCC(=O)Nc1cccc2c(=O)n(C3CCC(=O)NC3=O)c(C)nc12. The number of anilines is 1. The molecule has 1 aliphatic rings. The minimum atomic E-state index is -0.775. The minimum Gasteiger partial charge on any atom is -0.324 e. The van der Waals surface area contributed by atoms with E-state index in [-0.39, 0.29) is 30.2 Å². The first kappa shape index (κ1) is 20.7. The van der Waals surface area contributed by atoms with Crippen molar-refractivity contribution in [2.24, 2.45) is 0 Å². The minimum absolute atomic E-state index is 0.137. The van der Waals surface area contributed by atoms with Gasteiger partial charge in [-0.1, -0.05) is 6.07 Å². The highest BCUT2D eigenvalue weighted by atomic mass is 16.2. The van der Waals surface area contributed by atoms with E-state index in [1.54, 1.807) is 25.1 Å². The van der Waals surface area contributed by atoms with Crippen LogP contribution in [0.5, 0.6) is 0 Å². The number of nitrogens with zero attached hydrogens (tertiary/aromatic N) is 2. The zero-order chi connectivity index (χ0) is 21.0. The first-order valence-electron chi connectivity index (χ1n) is 9.72. The van der Waals surface area contributed by atoms with Crippen molar-refractivity contribution in [1.29, 1.82) is 0 Å². The molecule has 0 saturated carbocycles. The number of amides is 3. The van der Waals surface area contributed by atoms with E-state index in [9.17, 15) is 19.2 Å². The maximum absolute atomic E-state index is 13.1. The summed E-state index contributed by atoms with van der Waals surface area (Å²) in [5.74, 6) is -0.626. The number of para-hydroxylation sites is 1. The number of aromatic nitrogens is 2. The fourth-order valence-electron chi connectivity index (χ4n) is 3.53. The Bertz CT molecular complexity index is 1010. The Kier molecular flexibility index (Phi) is 6.38. The summed E-state index contributed by atoms with van der Waals surface area (Å²) in [6, 6.07) is 4.22. The second kappa shape index (κ2) is 8.95. The number of fused-ring (bicyclic) bond motifs is 1. The number of piperidine rings is 1. The van der Waals surface area contributed by atoms with Crippen molar-refractivity contribution in [3.8, 4) is 0 Å². The van der Waals surface area contributed by atoms with Gasteiger partial charge in [-0.25, -0.2) is 4.98 Å². The first-order chi connectivity index (χ1) is 13.9. The number of hydrogen-bond donors (Lipinski definition) is 3. The fourth-order valence-corrected chi connectivity index (χ4v) is 3.53. The molecule has 1 aromatic carbocycles. The number of imide groups is 1. The molecule has 2 aromatic rings. The summed E-state index contributed by atoms with van der Waals surface area (Å²) < 4.78 is 1.33. The molecule has 0 bridgehead atoms. The summed E-state index contributed by atoms with van der Waals surface area (Å²) in [6.07, 6.45) is 2.45. The molecule has 0 aliphatic carbocycles. The van der Waals surface area contributed by atoms with Crippen molar-refractivity contribution < 1.29 is 14.4 Å². The van der Waals surface area contributed by atoms with Gasteiger partial charge in [-0.2, -0.15) is 0 Å². The molecular formula is C20H25N5O4. The van der Waals surface area contributed by atoms with Crippen LogP contribution in [0.2, 0.25) is 0 Å². The molecule has 2 heterocycles. The van der Waals surface area contributed by atoms with Crippen LogP contribution < -0.4 is 21.5 Å². The van der Waals surface area contributed by atoms with Crippen molar-refractivity contribution in [3.63, 3.8) is 0 Å². The van der Waals surface area contributed by atoms with Crippen LogP contribution in [0.3, 0.4) is 0 Å². The van der Waals surface area contributed by atoms with Crippen LogP contribution in [-0.4, -0.2) is 40.9 Å². The third-order valence-electron chi connectivity index (χ3n) is 4.98. The molecule has 0 spiro atoms. The quantitative estimate of drug-likeness (QED) is 0.472. The Balaban J connectivity index is 1.90. The van der Waals surface area contributed by atoms with Gasteiger partial charge in [0.2, 0.25) is 17.7 Å². The lowest BCUT2D eigenvalue weighted by atomic mass is 10.1. The van der Waals surface area contributed by atoms with Gasteiger partial charge in [0, 0.05) is 12.8 Å². The van der Waals surface area contributed by atoms with Gasteiger partial charge in [0.1, 0.15) is 17.4 Å². The molecule has 1 atom stereocenters. The smallest absolute Gasteiger partial charge is 0.262 e. The van der Waals surface area contributed by atoms with Crippen molar-refractivity contribution in [1.82, 2.24) is 20.2 Å². The normalized spacial score (nSPS) is 16.7. The number of unbranched alkanes of at least 4 members (excludes halogenated alkanes) is 1. The molecule has 1 saturated heterocycles.